The summed E-state index contributed by atoms with van der Waals surface area (Å²) in [5.41, 5.74) is 0.862. The van der Waals surface area contributed by atoms with Crippen LogP contribution in [0, 0.1) is 0 Å². The number of fused-ring (bicyclic) bond motifs is 1. The van der Waals surface area contributed by atoms with E-state index in [1.807, 2.05) is 51.1 Å². The van der Waals surface area contributed by atoms with E-state index < -0.39 is 0 Å². The van der Waals surface area contributed by atoms with Gasteiger partial charge in [-0.2, -0.15) is 0 Å². The van der Waals surface area contributed by atoms with Crippen LogP contribution in [0.1, 0.15) is 20.8 Å². The fourth-order valence-corrected chi connectivity index (χ4v) is 1.64. The van der Waals surface area contributed by atoms with Crippen LogP contribution < -0.4 is 4.74 Å². The summed E-state index contributed by atoms with van der Waals surface area (Å²) in [6.07, 6.45) is 1.75. The van der Waals surface area contributed by atoms with E-state index in [-0.39, 0.29) is 5.60 Å². The quantitative estimate of drug-likeness (QED) is 0.773. The molecular weight excluding hydrogens is 226 g/mol. The molecule has 1 aromatic heterocycles. The Morgan fingerprint density at radius 3 is 2.67 bits per heavy atom. The zero-order chi connectivity index (χ0) is 13.0. The molecule has 0 aliphatic heterocycles. The van der Waals surface area contributed by atoms with Crippen molar-refractivity contribution in [1.82, 2.24) is 4.98 Å². The smallest absolute Gasteiger partial charge is 0.138 e. The summed E-state index contributed by atoms with van der Waals surface area (Å²) in [6.45, 7) is 7.22. The van der Waals surface area contributed by atoms with Crippen molar-refractivity contribution in [1.29, 1.82) is 0 Å². The third kappa shape index (κ3) is 3.70. The Bertz CT molecular complexity index is 517. The SMILES string of the molecule is CC(C)(C)OCCOc1cnc2ccccc2c1. The monoisotopic (exact) mass is 245 g/mol. The molecule has 1 aromatic carbocycles. The number of nitrogens with zero attached hydrogens (tertiary/aromatic N) is 1. The minimum atomic E-state index is -0.120. The van der Waals surface area contributed by atoms with E-state index in [9.17, 15) is 0 Å². The lowest BCUT2D eigenvalue weighted by Crippen LogP contribution is -2.22. The normalized spacial score (nSPS) is 11.7. The van der Waals surface area contributed by atoms with Crippen molar-refractivity contribution >= 4 is 10.9 Å². The molecule has 0 N–H and O–H groups in total. The van der Waals surface area contributed by atoms with Crippen molar-refractivity contribution in [2.75, 3.05) is 13.2 Å². The molecule has 0 atom stereocenters. The zero-order valence-corrected chi connectivity index (χ0v) is 11.1. The predicted octanol–water partition coefficient (Wildman–Crippen LogP) is 3.43. The Kier molecular flexibility index (Phi) is 3.82. The van der Waals surface area contributed by atoms with Crippen LogP contribution in [0.2, 0.25) is 0 Å². The van der Waals surface area contributed by atoms with Crippen molar-refractivity contribution in [2.45, 2.75) is 26.4 Å². The van der Waals surface area contributed by atoms with Crippen LogP contribution in [-0.4, -0.2) is 23.8 Å². The molecule has 0 saturated heterocycles. The van der Waals surface area contributed by atoms with E-state index in [1.54, 1.807) is 6.20 Å². The van der Waals surface area contributed by atoms with E-state index in [0.29, 0.717) is 13.2 Å². The number of aromatic nitrogens is 1. The molecule has 0 spiro atoms. The summed E-state index contributed by atoms with van der Waals surface area (Å²) in [5.74, 6) is 0.784. The van der Waals surface area contributed by atoms with Gasteiger partial charge in [0, 0.05) is 5.39 Å². The minimum absolute atomic E-state index is 0.120. The van der Waals surface area contributed by atoms with Gasteiger partial charge in [-0.25, -0.2) is 0 Å². The second-order valence-electron chi connectivity index (χ2n) is 5.17. The molecule has 0 aliphatic rings. The summed E-state index contributed by atoms with van der Waals surface area (Å²) in [6, 6.07) is 9.99. The molecule has 0 fully saturated rings. The van der Waals surface area contributed by atoms with Gasteiger partial charge in [0.2, 0.25) is 0 Å². The lowest BCUT2D eigenvalue weighted by molar-refractivity contribution is -0.0163. The Hall–Kier alpha value is -1.61. The molecule has 1 heterocycles. The maximum absolute atomic E-state index is 5.62. The topological polar surface area (TPSA) is 31.4 Å². The van der Waals surface area contributed by atoms with Crippen molar-refractivity contribution in [2.24, 2.45) is 0 Å². The first-order valence-corrected chi connectivity index (χ1v) is 6.16. The van der Waals surface area contributed by atoms with Gasteiger partial charge in [-0.15, -0.1) is 0 Å². The molecular formula is C15H19NO2. The number of benzene rings is 1. The highest BCUT2D eigenvalue weighted by molar-refractivity contribution is 5.79. The molecule has 0 saturated carbocycles. The number of rotatable bonds is 4. The molecule has 0 amide bonds. The second kappa shape index (κ2) is 5.36. The van der Waals surface area contributed by atoms with E-state index in [1.165, 1.54) is 0 Å². The van der Waals surface area contributed by atoms with Gasteiger partial charge in [0.1, 0.15) is 12.4 Å². The molecule has 2 aromatic rings. The first-order valence-electron chi connectivity index (χ1n) is 6.16. The van der Waals surface area contributed by atoms with Gasteiger partial charge in [0.25, 0.3) is 0 Å². The van der Waals surface area contributed by atoms with Gasteiger partial charge < -0.3 is 9.47 Å². The van der Waals surface area contributed by atoms with Crippen molar-refractivity contribution < 1.29 is 9.47 Å². The maximum Gasteiger partial charge on any atom is 0.138 e. The van der Waals surface area contributed by atoms with E-state index in [2.05, 4.69) is 4.98 Å². The Morgan fingerprint density at radius 1 is 1.11 bits per heavy atom. The summed E-state index contributed by atoms with van der Waals surface area (Å²) >= 11 is 0. The Labute approximate surface area is 108 Å². The van der Waals surface area contributed by atoms with Crippen LogP contribution in [0.15, 0.2) is 36.5 Å². The number of ether oxygens (including phenoxy) is 2. The lowest BCUT2D eigenvalue weighted by atomic mass is 10.2. The molecule has 18 heavy (non-hydrogen) atoms. The molecule has 0 unspecified atom stereocenters. The highest BCUT2D eigenvalue weighted by Gasteiger charge is 2.09. The molecule has 96 valence electrons. The number of hydrogen-bond donors (Lipinski definition) is 0. The molecule has 0 radical (unpaired) electrons. The summed E-state index contributed by atoms with van der Waals surface area (Å²) in [5, 5.41) is 1.09. The average Bonchev–Trinajstić information content (AvgIpc) is 2.33. The van der Waals surface area contributed by atoms with Gasteiger partial charge in [-0.3, -0.25) is 4.98 Å². The molecule has 0 bridgehead atoms. The highest BCUT2D eigenvalue weighted by atomic mass is 16.5. The standard InChI is InChI=1S/C15H19NO2/c1-15(2,3)18-9-8-17-13-10-12-6-4-5-7-14(12)16-11-13/h4-7,10-11H,8-9H2,1-3H3. The average molecular weight is 245 g/mol. The van der Waals surface area contributed by atoms with Crippen LogP contribution in [0.3, 0.4) is 0 Å². The zero-order valence-electron chi connectivity index (χ0n) is 11.1. The van der Waals surface area contributed by atoms with E-state index in [4.69, 9.17) is 9.47 Å². The summed E-state index contributed by atoms with van der Waals surface area (Å²) < 4.78 is 11.2. The van der Waals surface area contributed by atoms with Crippen LogP contribution >= 0.6 is 0 Å². The third-order valence-electron chi connectivity index (χ3n) is 2.45. The summed E-state index contributed by atoms with van der Waals surface area (Å²) in [4.78, 5) is 4.34. The van der Waals surface area contributed by atoms with Crippen LogP contribution in [0.4, 0.5) is 0 Å². The number of hydrogen-bond acceptors (Lipinski definition) is 3. The van der Waals surface area contributed by atoms with Gasteiger partial charge in [0.15, 0.2) is 0 Å². The molecule has 0 aliphatic carbocycles. The van der Waals surface area contributed by atoms with Crippen LogP contribution in [0.5, 0.6) is 5.75 Å². The van der Waals surface area contributed by atoms with Gasteiger partial charge in [0.05, 0.1) is 23.9 Å². The highest BCUT2D eigenvalue weighted by Crippen LogP contribution is 2.17. The molecule has 3 heteroatoms. The fraction of sp³-hybridized carbons (Fsp3) is 0.400. The van der Waals surface area contributed by atoms with Crippen LogP contribution in [-0.2, 0) is 4.74 Å². The Balaban J connectivity index is 1.92. The molecule has 2 rings (SSSR count). The summed E-state index contributed by atoms with van der Waals surface area (Å²) in [7, 11) is 0. The number of para-hydroxylation sites is 1. The van der Waals surface area contributed by atoms with Gasteiger partial charge in [-0.05, 0) is 32.9 Å². The second-order valence-corrected chi connectivity index (χ2v) is 5.17. The Morgan fingerprint density at radius 2 is 1.89 bits per heavy atom. The largest absolute Gasteiger partial charge is 0.490 e. The lowest BCUT2D eigenvalue weighted by Gasteiger charge is -2.19. The minimum Gasteiger partial charge on any atom is -0.490 e. The van der Waals surface area contributed by atoms with Gasteiger partial charge >= 0.3 is 0 Å². The van der Waals surface area contributed by atoms with Gasteiger partial charge in [-0.1, -0.05) is 18.2 Å². The first-order chi connectivity index (χ1) is 8.54. The van der Waals surface area contributed by atoms with Crippen molar-refractivity contribution in [3.63, 3.8) is 0 Å². The van der Waals surface area contributed by atoms with E-state index >= 15 is 0 Å². The third-order valence-corrected chi connectivity index (χ3v) is 2.45. The van der Waals surface area contributed by atoms with E-state index in [0.717, 1.165) is 16.7 Å². The predicted molar refractivity (Wildman–Crippen MR) is 72.9 cm³/mol. The van der Waals surface area contributed by atoms with Crippen LogP contribution in [0.25, 0.3) is 10.9 Å². The number of pyridine rings is 1. The van der Waals surface area contributed by atoms with Crippen molar-refractivity contribution in [3.05, 3.63) is 36.5 Å². The van der Waals surface area contributed by atoms with Crippen molar-refractivity contribution in [3.8, 4) is 5.75 Å². The fourth-order valence-electron chi connectivity index (χ4n) is 1.64. The first kappa shape index (κ1) is 12.8. The molecule has 3 nitrogen and oxygen atoms in total. The maximum atomic E-state index is 5.62.